The third-order valence-corrected chi connectivity index (χ3v) is 3.01. The van der Waals surface area contributed by atoms with Gasteiger partial charge in [-0.05, 0) is 37.0 Å². The lowest BCUT2D eigenvalue weighted by Crippen LogP contribution is -2.45. The van der Waals surface area contributed by atoms with Gasteiger partial charge in [0, 0.05) is 6.54 Å². The second-order valence-corrected chi connectivity index (χ2v) is 5.76. The summed E-state index contributed by atoms with van der Waals surface area (Å²) in [6.45, 7) is 6.26. The van der Waals surface area contributed by atoms with E-state index in [0.717, 1.165) is 5.56 Å². The molecule has 5 heteroatoms. The molecule has 2 atom stereocenters. The van der Waals surface area contributed by atoms with Gasteiger partial charge in [0.05, 0.1) is 6.04 Å². The van der Waals surface area contributed by atoms with Gasteiger partial charge in [-0.25, -0.2) is 0 Å². The van der Waals surface area contributed by atoms with Crippen molar-refractivity contribution in [3.8, 4) is 5.75 Å². The van der Waals surface area contributed by atoms with Crippen molar-refractivity contribution < 1.29 is 14.6 Å². The molecule has 5 nitrogen and oxygen atoms in total. The Labute approximate surface area is 126 Å². The van der Waals surface area contributed by atoms with Crippen LogP contribution in [0.15, 0.2) is 24.3 Å². The first-order valence-electron chi connectivity index (χ1n) is 7.29. The summed E-state index contributed by atoms with van der Waals surface area (Å²) >= 11 is 0. The molecule has 1 amide bonds. The highest BCUT2D eigenvalue weighted by molar-refractivity contribution is 5.81. The van der Waals surface area contributed by atoms with Gasteiger partial charge in [0.1, 0.15) is 18.5 Å². The van der Waals surface area contributed by atoms with Crippen molar-refractivity contribution in [2.24, 2.45) is 11.7 Å². The first-order chi connectivity index (χ1) is 9.88. The lowest BCUT2D eigenvalue weighted by Gasteiger charge is -2.17. The van der Waals surface area contributed by atoms with E-state index in [1.807, 2.05) is 45.0 Å². The van der Waals surface area contributed by atoms with E-state index in [1.54, 1.807) is 0 Å². The molecule has 0 heterocycles. The maximum Gasteiger partial charge on any atom is 0.237 e. The number of nitrogens with one attached hydrogen (secondary N) is 1. The third kappa shape index (κ3) is 7.11. The molecule has 0 bridgehead atoms. The predicted octanol–water partition coefficient (Wildman–Crippen LogP) is 1.22. The molecule has 0 aliphatic carbocycles. The van der Waals surface area contributed by atoms with Gasteiger partial charge in [0.25, 0.3) is 0 Å². The molecule has 21 heavy (non-hydrogen) atoms. The molecule has 0 fully saturated rings. The number of aliphatic hydroxyl groups is 1. The largest absolute Gasteiger partial charge is 0.491 e. The van der Waals surface area contributed by atoms with Crippen molar-refractivity contribution in [3.05, 3.63) is 29.8 Å². The van der Waals surface area contributed by atoms with Crippen molar-refractivity contribution >= 4 is 5.91 Å². The van der Waals surface area contributed by atoms with Crippen LogP contribution in [0.3, 0.4) is 0 Å². The van der Waals surface area contributed by atoms with Gasteiger partial charge in [0.15, 0.2) is 0 Å². The third-order valence-electron chi connectivity index (χ3n) is 3.01. The van der Waals surface area contributed by atoms with Gasteiger partial charge in [-0.15, -0.1) is 0 Å². The minimum Gasteiger partial charge on any atom is -0.491 e. The van der Waals surface area contributed by atoms with E-state index in [2.05, 4.69) is 5.32 Å². The van der Waals surface area contributed by atoms with Gasteiger partial charge >= 0.3 is 0 Å². The van der Waals surface area contributed by atoms with E-state index in [1.165, 1.54) is 0 Å². The monoisotopic (exact) mass is 294 g/mol. The van der Waals surface area contributed by atoms with Gasteiger partial charge in [-0.3, -0.25) is 4.79 Å². The molecule has 0 saturated heterocycles. The van der Waals surface area contributed by atoms with E-state index in [9.17, 15) is 9.90 Å². The second-order valence-electron chi connectivity index (χ2n) is 5.76. The van der Waals surface area contributed by atoms with E-state index >= 15 is 0 Å². The maximum absolute atomic E-state index is 11.7. The number of hydrogen-bond acceptors (Lipinski definition) is 4. The molecule has 1 aromatic carbocycles. The van der Waals surface area contributed by atoms with Crippen LogP contribution in [0.5, 0.6) is 5.75 Å². The smallest absolute Gasteiger partial charge is 0.237 e. The van der Waals surface area contributed by atoms with Crippen molar-refractivity contribution in [2.75, 3.05) is 13.2 Å². The number of aryl methyl sites for hydroxylation is 1. The number of nitrogens with two attached hydrogens (primary N) is 1. The first-order valence-corrected chi connectivity index (χ1v) is 7.29. The average Bonchev–Trinajstić information content (AvgIpc) is 2.41. The van der Waals surface area contributed by atoms with Gasteiger partial charge in [0.2, 0.25) is 5.91 Å². The Morgan fingerprint density at radius 3 is 2.76 bits per heavy atom. The number of benzene rings is 1. The topological polar surface area (TPSA) is 84.6 Å². The SMILES string of the molecule is Cc1cccc(OCC(O)CNC(=O)[C@@H](N)CC(C)C)c1. The summed E-state index contributed by atoms with van der Waals surface area (Å²) in [5.74, 6) is 0.829. The molecule has 4 N–H and O–H groups in total. The molecule has 0 aromatic heterocycles. The summed E-state index contributed by atoms with van der Waals surface area (Å²) in [5, 5.41) is 12.5. The van der Waals surface area contributed by atoms with Crippen LogP contribution >= 0.6 is 0 Å². The normalized spacial score (nSPS) is 13.8. The Kier molecular flexibility index (Phi) is 7.19. The van der Waals surface area contributed by atoms with Gasteiger partial charge in [-0.2, -0.15) is 0 Å². The maximum atomic E-state index is 11.7. The molecule has 0 aliphatic heterocycles. The van der Waals surface area contributed by atoms with Crippen molar-refractivity contribution in [2.45, 2.75) is 39.3 Å². The van der Waals surface area contributed by atoms with Crippen molar-refractivity contribution in [1.82, 2.24) is 5.32 Å². The highest BCUT2D eigenvalue weighted by Gasteiger charge is 2.16. The minimum atomic E-state index is -0.763. The predicted molar refractivity (Wildman–Crippen MR) is 83.1 cm³/mol. The summed E-state index contributed by atoms with van der Waals surface area (Å²) in [7, 11) is 0. The molecule has 0 radical (unpaired) electrons. The van der Waals surface area contributed by atoms with E-state index in [-0.39, 0.29) is 19.1 Å². The van der Waals surface area contributed by atoms with Crippen LogP contribution in [0.1, 0.15) is 25.8 Å². The Morgan fingerprint density at radius 1 is 1.43 bits per heavy atom. The van der Waals surface area contributed by atoms with Crippen molar-refractivity contribution in [1.29, 1.82) is 0 Å². The molecule has 0 aliphatic rings. The van der Waals surface area contributed by atoms with Crippen LogP contribution in [0.2, 0.25) is 0 Å². The standard InChI is InChI=1S/C16H26N2O3/c1-11(2)7-15(17)16(20)18-9-13(19)10-21-14-6-4-5-12(3)8-14/h4-6,8,11,13,15,19H,7,9-10,17H2,1-3H3,(H,18,20)/t13?,15-/m0/s1. The molecule has 0 spiro atoms. The zero-order valence-electron chi connectivity index (χ0n) is 13.0. The van der Waals surface area contributed by atoms with Crippen molar-refractivity contribution in [3.63, 3.8) is 0 Å². The Morgan fingerprint density at radius 2 is 2.14 bits per heavy atom. The quantitative estimate of drug-likeness (QED) is 0.673. The number of ether oxygens (including phenoxy) is 1. The molecule has 1 rings (SSSR count). The fraction of sp³-hybridized carbons (Fsp3) is 0.562. The molecule has 1 aromatic rings. The van der Waals surface area contributed by atoms with Crippen LogP contribution in [-0.2, 0) is 4.79 Å². The lowest BCUT2D eigenvalue weighted by molar-refractivity contribution is -0.123. The summed E-state index contributed by atoms with van der Waals surface area (Å²) in [6.07, 6.45) is -0.137. The summed E-state index contributed by atoms with van der Waals surface area (Å²) < 4.78 is 5.47. The first kappa shape index (κ1) is 17.5. The fourth-order valence-electron chi connectivity index (χ4n) is 1.92. The highest BCUT2D eigenvalue weighted by atomic mass is 16.5. The van der Waals surface area contributed by atoms with Crippen LogP contribution in [-0.4, -0.2) is 36.3 Å². The zero-order chi connectivity index (χ0) is 15.8. The van der Waals surface area contributed by atoms with E-state index < -0.39 is 12.1 Å². The highest BCUT2D eigenvalue weighted by Crippen LogP contribution is 2.12. The van der Waals surface area contributed by atoms with Crippen LogP contribution in [0.4, 0.5) is 0 Å². The number of amides is 1. The number of rotatable bonds is 8. The van der Waals surface area contributed by atoms with E-state index in [4.69, 9.17) is 10.5 Å². The average molecular weight is 294 g/mol. The lowest BCUT2D eigenvalue weighted by atomic mass is 10.0. The number of aliphatic hydroxyl groups excluding tert-OH is 1. The Bertz CT molecular complexity index is 449. The summed E-state index contributed by atoms with van der Waals surface area (Å²) in [5.41, 5.74) is 6.85. The van der Waals surface area contributed by atoms with Crippen LogP contribution in [0, 0.1) is 12.8 Å². The molecule has 0 saturated carbocycles. The zero-order valence-corrected chi connectivity index (χ0v) is 13.0. The second kappa shape index (κ2) is 8.64. The van der Waals surface area contributed by atoms with Gasteiger partial charge in [-0.1, -0.05) is 26.0 Å². The summed E-state index contributed by atoms with van der Waals surface area (Å²) in [6, 6.07) is 7.05. The Balaban J connectivity index is 2.27. The van der Waals surface area contributed by atoms with Gasteiger partial charge < -0.3 is 20.9 Å². The molecule has 118 valence electrons. The number of carbonyl (C=O) groups excluding carboxylic acids is 1. The fourth-order valence-corrected chi connectivity index (χ4v) is 1.92. The minimum absolute atomic E-state index is 0.128. The number of carbonyl (C=O) groups is 1. The van der Waals surface area contributed by atoms with E-state index in [0.29, 0.717) is 18.1 Å². The number of hydrogen-bond donors (Lipinski definition) is 3. The molecular weight excluding hydrogens is 268 g/mol. The molecular formula is C16H26N2O3. The summed E-state index contributed by atoms with van der Waals surface area (Å²) in [4.78, 5) is 11.7. The van der Waals surface area contributed by atoms with Crippen LogP contribution < -0.4 is 15.8 Å². The Hall–Kier alpha value is -1.59. The molecule has 1 unspecified atom stereocenters. The van der Waals surface area contributed by atoms with Crippen LogP contribution in [0.25, 0.3) is 0 Å².